The second-order valence-corrected chi connectivity index (χ2v) is 8.67. The molecule has 170 valence electrons. The molecule has 3 amide bonds. The number of primary amides is 1. The highest BCUT2D eigenvalue weighted by molar-refractivity contribution is 7.88. The second-order valence-electron chi connectivity index (χ2n) is 7.14. The summed E-state index contributed by atoms with van der Waals surface area (Å²) >= 11 is 0. The minimum Gasteiger partial charge on any atom is -0.465 e. The van der Waals surface area contributed by atoms with Gasteiger partial charge >= 0.3 is 21.7 Å². The predicted octanol–water partition coefficient (Wildman–Crippen LogP) is 0.796. The van der Waals surface area contributed by atoms with E-state index in [0.29, 0.717) is 18.4 Å². The Morgan fingerprint density at radius 1 is 1.13 bits per heavy atom. The van der Waals surface area contributed by atoms with E-state index in [1.165, 1.54) is 11.0 Å². The fraction of sp³-hybridized carbons (Fsp3) is 0.471. The number of rotatable bonds is 4. The molecule has 0 saturated carbocycles. The van der Waals surface area contributed by atoms with E-state index in [1.54, 1.807) is 0 Å². The number of nitrogens with two attached hydrogens (primary N) is 1. The molecule has 0 bridgehead atoms. The lowest BCUT2D eigenvalue weighted by molar-refractivity contribution is -0.141. The summed E-state index contributed by atoms with van der Waals surface area (Å²) in [6.45, 7) is -0.148. The molecule has 1 aromatic carbocycles. The van der Waals surface area contributed by atoms with E-state index in [2.05, 4.69) is 4.18 Å². The largest absolute Gasteiger partial charge is 0.534 e. The third-order valence-corrected chi connectivity index (χ3v) is 6.17. The van der Waals surface area contributed by atoms with Crippen LogP contribution in [0.2, 0.25) is 0 Å². The van der Waals surface area contributed by atoms with E-state index in [9.17, 15) is 41.1 Å². The molecule has 1 fully saturated rings. The summed E-state index contributed by atoms with van der Waals surface area (Å²) in [6, 6.07) is 1.23. The van der Waals surface area contributed by atoms with Gasteiger partial charge in [0, 0.05) is 13.0 Å². The van der Waals surface area contributed by atoms with Crippen LogP contribution in [0.4, 0.5) is 18.0 Å². The zero-order valence-electron chi connectivity index (χ0n) is 15.8. The minimum absolute atomic E-state index is 0.116. The molecule has 2 aliphatic rings. The maximum absolute atomic E-state index is 13.0. The second kappa shape index (κ2) is 7.90. The zero-order chi connectivity index (χ0) is 23.1. The molecule has 0 radical (unpaired) electrons. The number of fused-ring (bicyclic) bond motifs is 1. The Hall–Kier alpha value is -3.03. The number of hydrogen-bond acceptors (Lipinski definition) is 6. The van der Waals surface area contributed by atoms with Gasteiger partial charge in [-0.25, -0.2) is 4.79 Å². The molecule has 10 nitrogen and oxygen atoms in total. The van der Waals surface area contributed by atoms with Crippen molar-refractivity contribution in [1.29, 1.82) is 0 Å². The standard InChI is InChI=1S/C17H18F3N3O7S/c18-17(19,20)31(28,29)30-11-4-3-9-7-13(23(16(26)27)8-10(9)6-11)15(25)22-5-1-2-12(22)14(21)24/h3-4,6,12-13H,1-2,5,7-8H2,(H2,21,24)(H,26,27)/t12-,13-/m0/s1. The molecule has 0 aromatic heterocycles. The van der Waals surface area contributed by atoms with Crippen LogP contribution in [-0.4, -0.2) is 65.4 Å². The van der Waals surface area contributed by atoms with Crippen LogP contribution in [0.1, 0.15) is 24.0 Å². The lowest BCUT2D eigenvalue weighted by Crippen LogP contribution is -2.56. The van der Waals surface area contributed by atoms with Gasteiger partial charge in [-0.2, -0.15) is 21.6 Å². The highest BCUT2D eigenvalue weighted by Crippen LogP contribution is 2.32. The molecule has 0 spiro atoms. The molecule has 0 unspecified atom stereocenters. The number of carboxylic acid groups (broad SMARTS) is 1. The normalized spacial score (nSPS) is 21.5. The summed E-state index contributed by atoms with van der Waals surface area (Å²) in [6.07, 6.45) is -0.682. The maximum Gasteiger partial charge on any atom is 0.534 e. The first-order chi connectivity index (χ1) is 14.3. The lowest BCUT2D eigenvalue weighted by atomic mass is 9.93. The topological polar surface area (TPSA) is 147 Å². The van der Waals surface area contributed by atoms with Crippen LogP contribution >= 0.6 is 0 Å². The van der Waals surface area contributed by atoms with E-state index >= 15 is 0 Å². The number of carbonyl (C=O) groups is 3. The molecule has 3 N–H and O–H groups in total. The summed E-state index contributed by atoms with van der Waals surface area (Å²) in [5, 5.41) is 9.55. The highest BCUT2D eigenvalue weighted by atomic mass is 32.2. The number of alkyl halides is 3. The van der Waals surface area contributed by atoms with Crippen molar-refractivity contribution in [2.24, 2.45) is 5.73 Å². The van der Waals surface area contributed by atoms with E-state index in [1.807, 2.05) is 0 Å². The van der Waals surface area contributed by atoms with Crippen molar-refractivity contribution in [2.75, 3.05) is 6.54 Å². The van der Waals surface area contributed by atoms with E-state index in [0.717, 1.165) is 17.0 Å². The third kappa shape index (κ3) is 4.38. The highest BCUT2D eigenvalue weighted by Gasteiger charge is 2.49. The SMILES string of the molecule is NC(=O)[C@@H]1CCCN1C(=O)[C@@H]1Cc2ccc(OS(=O)(=O)C(F)(F)F)cc2CN1C(=O)O. The number of hydrogen-bond donors (Lipinski definition) is 2. The molecule has 0 aliphatic carbocycles. The molecular formula is C17H18F3N3O7S. The summed E-state index contributed by atoms with van der Waals surface area (Å²) in [5.74, 6) is -1.94. The summed E-state index contributed by atoms with van der Waals surface area (Å²) in [7, 11) is -5.89. The zero-order valence-corrected chi connectivity index (χ0v) is 16.6. The first kappa shape index (κ1) is 22.7. The Labute approximate surface area is 174 Å². The quantitative estimate of drug-likeness (QED) is 0.494. The molecule has 31 heavy (non-hydrogen) atoms. The van der Waals surface area contributed by atoms with Gasteiger partial charge in [-0.3, -0.25) is 14.5 Å². The molecule has 1 aromatic rings. The van der Waals surface area contributed by atoms with Gasteiger partial charge in [0.1, 0.15) is 17.8 Å². The van der Waals surface area contributed by atoms with Gasteiger partial charge in [-0.05, 0) is 36.1 Å². The van der Waals surface area contributed by atoms with Crippen molar-refractivity contribution >= 4 is 28.0 Å². The van der Waals surface area contributed by atoms with Crippen LogP contribution in [0.3, 0.4) is 0 Å². The Kier molecular flexibility index (Phi) is 5.78. The average molecular weight is 465 g/mol. The van der Waals surface area contributed by atoms with Gasteiger partial charge in [0.25, 0.3) is 0 Å². The van der Waals surface area contributed by atoms with Crippen LogP contribution in [0.5, 0.6) is 5.75 Å². The number of carbonyl (C=O) groups excluding carboxylic acids is 2. The lowest BCUT2D eigenvalue weighted by Gasteiger charge is -2.37. The average Bonchev–Trinajstić information content (AvgIpc) is 3.15. The minimum atomic E-state index is -5.89. The Balaban J connectivity index is 1.88. The molecule has 3 rings (SSSR count). The number of halogens is 3. The van der Waals surface area contributed by atoms with Crippen molar-refractivity contribution in [1.82, 2.24) is 9.80 Å². The maximum atomic E-state index is 13.0. The Bertz CT molecular complexity index is 1030. The number of amides is 3. The van der Waals surface area contributed by atoms with Crippen molar-refractivity contribution in [3.05, 3.63) is 29.3 Å². The molecule has 1 saturated heterocycles. The van der Waals surface area contributed by atoms with Gasteiger partial charge in [0.2, 0.25) is 11.8 Å². The fourth-order valence-corrected chi connectivity index (χ4v) is 4.18. The van der Waals surface area contributed by atoms with Crippen LogP contribution in [0, 0.1) is 0 Å². The first-order valence-electron chi connectivity index (χ1n) is 9.03. The van der Waals surface area contributed by atoms with Crippen LogP contribution in [-0.2, 0) is 32.7 Å². The van der Waals surface area contributed by atoms with Crippen molar-refractivity contribution < 1.29 is 45.3 Å². The van der Waals surface area contributed by atoms with E-state index in [-0.39, 0.29) is 25.1 Å². The predicted molar refractivity (Wildman–Crippen MR) is 97.0 cm³/mol. The van der Waals surface area contributed by atoms with Gasteiger partial charge < -0.3 is 19.9 Å². The fourth-order valence-electron chi connectivity index (χ4n) is 3.73. The molecule has 2 atom stereocenters. The van der Waals surface area contributed by atoms with Gasteiger partial charge in [0.15, 0.2) is 0 Å². The summed E-state index contributed by atoms with van der Waals surface area (Å²) in [4.78, 5) is 38.3. The number of nitrogens with zero attached hydrogens (tertiary/aromatic N) is 2. The summed E-state index contributed by atoms with van der Waals surface area (Å²) in [5.41, 5.74) is 0.315. The number of likely N-dealkylation sites (tertiary alicyclic amines) is 1. The van der Waals surface area contributed by atoms with Crippen LogP contribution in [0.15, 0.2) is 18.2 Å². The van der Waals surface area contributed by atoms with Gasteiger partial charge in [0.05, 0.1) is 6.54 Å². The monoisotopic (exact) mass is 465 g/mol. The van der Waals surface area contributed by atoms with Crippen molar-refractivity contribution in [2.45, 2.75) is 43.4 Å². The van der Waals surface area contributed by atoms with Gasteiger partial charge in [-0.1, -0.05) is 6.07 Å². The molecule has 2 aliphatic heterocycles. The first-order valence-corrected chi connectivity index (χ1v) is 10.4. The van der Waals surface area contributed by atoms with E-state index < -0.39 is 51.4 Å². The smallest absolute Gasteiger partial charge is 0.465 e. The van der Waals surface area contributed by atoms with Crippen LogP contribution in [0.25, 0.3) is 0 Å². The van der Waals surface area contributed by atoms with Crippen LogP contribution < -0.4 is 9.92 Å². The molecule has 2 heterocycles. The Morgan fingerprint density at radius 2 is 1.81 bits per heavy atom. The van der Waals surface area contributed by atoms with E-state index in [4.69, 9.17) is 5.73 Å². The van der Waals surface area contributed by atoms with Gasteiger partial charge in [-0.15, -0.1) is 0 Å². The Morgan fingerprint density at radius 3 is 2.39 bits per heavy atom. The third-order valence-electron chi connectivity index (χ3n) is 5.19. The molecule has 14 heteroatoms. The van der Waals surface area contributed by atoms with Crippen molar-refractivity contribution in [3.63, 3.8) is 0 Å². The summed E-state index contributed by atoms with van der Waals surface area (Å²) < 4.78 is 64.1. The molecular weight excluding hydrogens is 447 g/mol. The number of benzene rings is 1. The van der Waals surface area contributed by atoms with Crippen molar-refractivity contribution in [3.8, 4) is 5.75 Å².